The number of amides is 2. The minimum Gasteiger partial charge on any atom is -0.493 e. The largest absolute Gasteiger partial charge is 0.493 e. The van der Waals surface area contributed by atoms with Crippen LogP contribution in [0.2, 0.25) is 0 Å². The molecule has 1 aromatic carbocycles. The Bertz CT molecular complexity index is 761. The maximum absolute atomic E-state index is 13.2. The van der Waals surface area contributed by atoms with E-state index in [9.17, 15) is 9.59 Å². The van der Waals surface area contributed by atoms with Crippen LogP contribution in [0.5, 0.6) is 5.75 Å². The van der Waals surface area contributed by atoms with Gasteiger partial charge in [0.25, 0.3) is 0 Å². The number of carbonyl (C=O) groups is 2. The van der Waals surface area contributed by atoms with Gasteiger partial charge in [0.15, 0.2) is 0 Å². The molecule has 0 radical (unpaired) electrons. The minimum absolute atomic E-state index is 0.168. The average molecular weight is 418 g/mol. The molecule has 164 valence electrons. The summed E-state index contributed by atoms with van der Waals surface area (Å²) in [6, 6.07) is 9.21. The predicted molar refractivity (Wildman–Crippen MR) is 112 cm³/mol. The van der Waals surface area contributed by atoms with Crippen LogP contribution in [0.25, 0.3) is 0 Å². The van der Waals surface area contributed by atoms with Crippen molar-refractivity contribution in [2.75, 3.05) is 31.7 Å². The van der Waals surface area contributed by atoms with Crippen molar-refractivity contribution in [2.45, 2.75) is 52.1 Å². The molecule has 8 heteroatoms. The van der Waals surface area contributed by atoms with Crippen molar-refractivity contribution >= 4 is 17.7 Å². The van der Waals surface area contributed by atoms with Crippen molar-refractivity contribution < 1.29 is 23.8 Å². The summed E-state index contributed by atoms with van der Waals surface area (Å²) in [6.07, 6.45) is 1.53. The fraction of sp³-hybridized carbons (Fsp3) is 0.591. The molecule has 0 aromatic heterocycles. The van der Waals surface area contributed by atoms with E-state index < -0.39 is 17.1 Å². The smallest absolute Gasteiger partial charge is 0.407 e. The molecule has 0 unspecified atom stereocenters. The maximum atomic E-state index is 13.2. The Labute approximate surface area is 177 Å². The van der Waals surface area contributed by atoms with E-state index in [1.807, 2.05) is 0 Å². The van der Waals surface area contributed by atoms with Crippen molar-refractivity contribution in [1.82, 2.24) is 5.32 Å². The zero-order valence-corrected chi connectivity index (χ0v) is 18.0. The zero-order chi connectivity index (χ0) is 22.0. The quantitative estimate of drug-likeness (QED) is 0.625. The molecule has 1 fully saturated rings. The van der Waals surface area contributed by atoms with Crippen molar-refractivity contribution in [2.24, 2.45) is 5.41 Å². The van der Waals surface area contributed by atoms with E-state index >= 15 is 0 Å². The lowest BCUT2D eigenvalue weighted by atomic mass is 9.79. The third kappa shape index (κ3) is 7.56. The standard InChI is InChI=1S/C22H31N3O5/c1-21(2,3)30-20(27)24-16-22(9-13-28-14-10-22)19(26)25-17-7-6-8-18(15-17)29-12-5-4-11-23/h6-8,15H,4-5,9-10,12-14,16H2,1-3H3,(H,24,27)(H,25,26). The summed E-state index contributed by atoms with van der Waals surface area (Å²) in [4.78, 5) is 25.2. The first-order chi connectivity index (χ1) is 14.2. The highest BCUT2D eigenvalue weighted by Crippen LogP contribution is 2.32. The highest BCUT2D eigenvalue weighted by molar-refractivity contribution is 5.96. The Morgan fingerprint density at radius 3 is 2.67 bits per heavy atom. The fourth-order valence-corrected chi connectivity index (χ4v) is 3.07. The Morgan fingerprint density at radius 2 is 2.00 bits per heavy atom. The van der Waals surface area contributed by atoms with Crippen LogP contribution in [-0.2, 0) is 14.3 Å². The zero-order valence-electron chi connectivity index (χ0n) is 18.0. The van der Waals surface area contributed by atoms with E-state index in [2.05, 4.69) is 16.7 Å². The average Bonchev–Trinajstić information content (AvgIpc) is 2.69. The van der Waals surface area contributed by atoms with E-state index in [0.717, 1.165) is 0 Å². The first kappa shape index (κ1) is 23.5. The van der Waals surface area contributed by atoms with Gasteiger partial charge in [-0.2, -0.15) is 5.26 Å². The van der Waals surface area contributed by atoms with Crippen LogP contribution in [0.4, 0.5) is 10.5 Å². The van der Waals surface area contributed by atoms with Gasteiger partial charge in [-0.3, -0.25) is 4.79 Å². The number of unbranched alkanes of at least 4 members (excludes halogenated alkanes) is 1. The second-order valence-corrected chi connectivity index (χ2v) is 8.34. The fourth-order valence-electron chi connectivity index (χ4n) is 3.07. The monoisotopic (exact) mass is 417 g/mol. The highest BCUT2D eigenvalue weighted by Gasteiger charge is 2.40. The van der Waals surface area contributed by atoms with Gasteiger partial charge in [0.2, 0.25) is 5.91 Å². The summed E-state index contributed by atoms with van der Waals surface area (Å²) in [5, 5.41) is 14.3. The molecule has 0 spiro atoms. The van der Waals surface area contributed by atoms with Crippen molar-refractivity contribution in [3.63, 3.8) is 0 Å². The number of hydrogen-bond acceptors (Lipinski definition) is 6. The summed E-state index contributed by atoms with van der Waals surface area (Å²) >= 11 is 0. The third-order valence-corrected chi connectivity index (χ3v) is 4.70. The lowest BCUT2D eigenvalue weighted by Crippen LogP contribution is -2.49. The second-order valence-electron chi connectivity index (χ2n) is 8.34. The van der Waals surface area contributed by atoms with Gasteiger partial charge in [-0.05, 0) is 52.2 Å². The number of carbonyl (C=O) groups excluding carboxylic acids is 2. The van der Waals surface area contributed by atoms with Crippen molar-refractivity contribution in [3.8, 4) is 11.8 Å². The Balaban J connectivity index is 2.01. The number of nitriles is 1. The molecule has 2 amide bonds. The van der Waals surface area contributed by atoms with Crippen LogP contribution < -0.4 is 15.4 Å². The van der Waals surface area contributed by atoms with Gasteiger partial charge in [0.05, 0.1) is 18.1 Å². The Kier molecular flexibility index (Phi) is 8.48. The van der Waals surface area contributed by atoms with E-state index in [4.69, 9.17) is 19.5 Å². The van der Waals surface area contributed by atoms with Crippen LogP contribution in [0.15, 0.2) is 24.3 Å². The summed E-state index contributed by atoms with van der Waals surface area (Å²) in [6.45, 7) is 6.88. The predicted octanol–water partition coefficient (Wildman–Crippen LogP) is 3.63. The second kappa shape index (κ2) is 10.8. The number of nitrogens with one attached hydrogen (secondary N) is 2. The molecule has 0 aliphatic carbocycles. The molecule has 0 bridgehead atoms. The Hall–Kier alpha value is -2.79. The number of hydrogen-bond donors (Lipinski definition) is 2. The lowest BCUT2D eigenvalue weighted by molar-refractivity contribution is -0.130. The number of nitrogens with zero attached hydrogens (tertiary/aromatic N) is 1. The van der Waals surface area contributed by atoms with Gasteiger partial charge in [-0.1, -0.05) is 6.07 Å². The molecule has 0 saturated carbocycles. The van der Waals surface area contributed by atoms with Gasteiger partial charge in [-0.25, -0.2) is 4.79 Å². The summed E-state index contributed by atoms with van der Waals surface area (Å²) in [7, 11) is 0. The number of anilines is 1. The number of benzene rings is 1. The van der Waals surface area contributed by atoms with Gasteiger partial charge in [-0.15, -0.1) is 0 Å². The summed E-state index contributed by atoms with van der Waals surface area (Å²) in [5.41, 5.74) is -0.775. The number of alkyl carbamates (subject to hydrolysis) is 1. The van der Waals surface area contributed by atoms with Crippen molar-refractivity contribution in [3.05, 3.63) is 24.3 Å². The van der Waals surface area contributed by atoms with Gasteiger partial charge in [0, 0.05) is 37.9 Å². The molecule has 8 nitrogen and oxygen atoms in total. The molecular weight excluding hydrogens is 386 g/mol. The van der Waals surface area contributed by atoms with Gasteiger partial charge in [0.1, 0.15) is 11.4 Å². The van der Waals surface area contributed by atoms with E-state index in [1.165, 1.54) is 0 Å². The number of ether oxygens (including phenoxy) is 3. The molecule has 2 N–H and O–H groups in total. The Morgan fingerprint density at radius 1 is 1.27 bits per heavy atom. The van der Waals surface area contributed by atoms with Crippen molar-refractivity contribution in [1.29, 1.82) is 5.26 Å². The third-order valence-electron chi connectivity index (χ3n) is 4.70. The molecule has 1 heterocycles. The summed E-state index contributed by atoms with van der Waals surface area (Å²) < 4.78 is 16.4. The maximum Gasteiger partial charge on any atom is 0.407 e. The van der Waals surface area contributed by atoms with E-state index in [1.54, 1.807) is 45.0 Å². The minimum atomic E-state index is -0.779. The number of rotatable bonds is 8. The lowest BCUT2D eigenvalue weighted by Gasteiger charge is -2.36. The summed E-state index contributed by atoms with van der Waals surface area (Å²) in [5.74, 6) is 0.446. The SMILES string of the molecule is CC(C)(C)OC(=O)NCC1(C(=O)Nc2cccc(OCCCC#N)c2)CCOCC1. The molecular formula is C22H31N3O5. The molecule has 30 heavy (non-hydrogen) atoms. The normalized spacial score (nSPS) is 15.5. The van der Waals surface area contributed by atoms with Crippen LogP contribution in [-0.4, -0.2) is 44.0 Å². The van der Waals surface area contributed by atoms with Gasteiger partial charge < -0.3 is 24.8 Å². The van der Waals surface area contributed by atoms with Gasteiger partial charge >= 0.3 is 6.09 Å². The topological polar surface area (TPSA) is 110 Å². The van der Waals surface area contributed by atoms with E-state index in [0.29, 0.717) is 56.9 Å². The van der Waals surface area contributed by atoms with E-state index in [-0.39, 0.29) is 12.5 Å². The highest BCUT2D eigenvalue weighted by atomic mass is 16.6. The van der Waals surface area contributed by atoms with Crippen LogP contribution in [0.1, 0.15) is 46.5 Å². The van der Waals surface area contributed by atoms with Crippen LogP contribution in [0.3, 0.4) is 0 Å². The first-order valence-corrected chi connectivity index (χ1v) is 10.2. The first-order valence-electron chi connectivity index (χ1n) is 10.2. The molecule has 2 rings (SSSR count). The molecule has 1 aliphatic heterocycles. The molecule has 0 atom stereocenters. The molecule has 1 aliphatic rings. The molecule has 1 saturated heterocycles. The van der Waals surface area contributed by atoms with Crippen LogP contribution >= 0.6 is 0 Å². The molecule has 1 aromatic rings. The van der Waals surface area contributed by atoms with Crippen LogP contribution in [0, 0.1) is 16.7 Å².